The zero-order chi connectivity index (χ0) is 12.5. The lowest BCUT2D eigenvalue weighted by atomic mass is 10.1. The summed E-state index contributed by atoms with van der Waals surface area (Å²) < 4.78 is 1.69. The summed E-state index contributed by atoms with van der Waals surface area (Å²) in [6.45, 7) is 0.534. The van der Waals surface area contributed by atoms with Gasteiger partial charge in [-0.25, -0.2) is 14.6 Å². The van der Waals surface area contributed by atoms with Crippen LogP contribution in [-0.2, 0) is 6.54 Å². The number of phenols is 1. The molecule has 3 N–H and O–H groups in total. The van der Waals surface area contributed by atoms with Gasteiger partial charge in [0.1, 0.15) is 29.7 Å². The van der Waals surface area contributed by atoms with Crippen molar-refractivity contribution in [3.63, 3.8) is 0 Å². The number of aromatic nitrogens is 4. The minimum Gasteiger partial charge on any atom is -0.506 e. The van der Waals surface area contributed by atoms with Gasteiger partial charge in [-0.2, -0.15) is 5.10 Å². The number of hydrogen-bond donors (Lipinski definition) is 2. The average molecular weight is 241 g/mol. The number of nitrogens with zero attached hydrogens (tertiary/aromatic N) is 4. The van der Waals surface area contributed by atoms with E-state index in [9.17, 15) is 5.11 Å². The van der Waals surface area contributed by atoms with Gasteiger partial charge in [-0.1, -0.05) is 12.1 Å². The summed E-state index contributed by atoms with van der Waals surface area (Å²) in [5.41, 5.74) is 7.21. The van der Waals surface area contributed by atoms with Crippen molar-refractivity contribution >= 4 is 16.7 Å². The molecule has 2 heterocycles. The van der Waals surface area contributed by atoms with Gasteiger partial charge in [-0.3, -0.25) is 0 Å². The molecule has 90 valence electrons. The quantitative estimate of drug-likeness (QED) is 0.702. The highest BCUT2D eigenvalue weighted by Gasteiger charge is 2.08. The van der Waals surface area contributed by atoms with Crippen molar-refractivity contribution in [1.82, 2.24) is 19.7 Å². The van der Waals surface area contributed by atoms with E-state index in [1.54, 1.807) is 29.2 Å². The normalized spacial score (nSPS) is 10.9. The summed E-state index contributed by atoms with van der Waals surface area (Å²) in [6.07, 6.45) is 3.11. The molecule has 6 nitrogen and oxygen atoms in total. The van der Waals surface area contributed by atoms with E-state index in [1.807, 2.05) is 6.07 Å². The van der Waals surface area contributed by atoms with Gasteiger partial charge in [0.15, 0.2) is 0 Å². The molecule has 0 saturated heterocycles. The molecule has 1 aromatic carbocycles. The van der Waals surface area contributed by atoms with Crippen molar-refractivity contribution in [3.05, 3.63) is 42.5 Å². The van der Waals surface area contributed by atoms with E-state index >= 15 is 0 Å². The molecule has 3 aromatic rings. The van der Waals surface area contributed by atoms with E-state index in [-0.39, 0.29) is 5.75 Å². The maximum atomic E-state index is 9.79. The molecule has 0 amide bonds. The number of nitrogen functional groups attached to an aromatic ring is 1. The van der Waals surface area contributed by atoms with E-state index in [2.05, 4.69) is 15.1 Å². The number of nitrogens with two attached hydrogens (primary N) is 1. The molecule has 0 saturated carbocycles. The SMILES string of the molecule is Nc1cc(Cn2cncn2)c2cccc(O)c2n1. The minimum atomic E-state index is 0.125. The largest absolute Gasteiger partial charge is 0.506 e. The molecule has 0 unspecified atom stereocenters. The number of rotatable bonds is 2. The summed E-state index contributed by atoms with van der Waals surface area (Å²) in [6, 6.07) is 7.05. The predicted molar refractivity (Wildman–Crippen MR) is 66.9 cm³/mol. The second-order valence-corrected chi connectivity index (χ2v) is 3.97. The molecular weight excluding hydrogens is 230 g/mol. The Kier molecular flexibility index (Phi) is 2.33. The molecule has 2 aromatic heterocycles. The van der Waals surface area contributed by atoms with Crippen LogP contribution >= 0.6 is 0 Å². The Morgan fingerprint density at radius 2 is 2.22 bits per heavy atom. The zero-order valence-corrected chi connectivity index (χ0v) is 9.48. The summed E-state index contributed by atoms with van der Waals surface area (Å²) in [5.74, 6) is 0.499. The van der Waals surface area contributed by atoms with Crippen molar-refractivity contribution < 1.29 is 5.11 Å². The second kappa shape index (κ2) is 3.99. The lowest BCUT2D eigenvalue weighted by molar-refractivity contribution is 0.480. The number of hydrogen-bond acceptors (Lipinski definition) is 5. The molecular formula is C12H11N5O. The molecule has 0 fully saturated rings. The van der Waals surface area contributed by atoms with Crippen LogP contribution in [-0.4, -0.2) is 24.9 Å². The highest BCUT2D eigenvalue weighted by molar-refractivity contribution is 5.88. The molecule has 3 rings (SSSR count). The number of aromatic hydroxyl groups is 1. The molecule has 18 heavy (non-hydrogen) atoms. The first-order valence-corrected chi connectivity index (χ1v) is 5.43. The fourth-order valence-electron chi connectivity index (χ4n) is 1.95. The second-order valence-electron chi connectivity index (χ2n) is 3.97. The van der Waals surface area contributed by atoms with Crippen LogP contribution in [0.2, 0.25) is 0 Å². The van der Waals surface area contributed by atoms with Crippen molar-refractivity contribution in [2.24, 2.45) is 0 Å². The van der Waals surface area contributed by atoms with Crippen molar-refractivity contribution in [2.45, 2.75) is 6.54 Å². The molecule has 0 aliphatic rings. The summed E-state index contributed by atoms with van der Waals surface area (Å²) in [7, 11) is 0. The lowest BCUT2D eigenvalue weighted by Gasteiger charge is -2.08. The Morgan fingerprint density at radius 3 is 3.00 bits per heavy atom. The van der Waals surface area contributed by atoms with Crippen LogP contribution < -0.4 is 5.73 Å². The Labute approximate surface area is 103 Å². The first-order chi connectivity index (χ1) is 8.74. The standard InChI is InChI=1S/C12H11N5O/c13-11-4-8(5-17-7-14-6-15-17)9-2-1-3-10(18)12(9)16-11/h1-4,6-7,18H,5H2,(H2,13,16). The molecule has 0 radical (unpaired) electrons. The van der Waals surface area contributed by atoms with Gasteiger partial charge >= 0.3 is 0 Å². The number of anilines is 1. The number of fused-ring (bicyclic) bond motifs is 1. The first kappa shape index (κ1) is 10.5. The topological polar surface area (TPSA) is 89.9 Å². The first-order valence-electron chi connectivity index (χ1n) is 5.43. The molecule has 6 heteroatoms. The number of phenolic OH excluding ortho intramolecular Hbond substituents is 1. The molecule has 0 aliphatic carbocycles. The summed E-state index contributed by atoms with van der Waals surface area (Å²) >= 11 is 0. The van der Waals surface area contributed by atoms with Crippen LogP contribution in [0.1, 0.15) is 5.56 Å². The van der Waals surface area contributed by atoms with Gasteiger partial charge in [0, 0.05) is 5.39 Å². The Balaban J connectivity index is 2.19. The maximum absolute atomic E-state index is 9.79. The minimum absolute atomic E-state index is 0.125. The van der Waals surface area contributed by atoms with Gasteiger partial charge in [0.2, 0.25) is 0 Å². The van der Waals surface area contributed by atoms with Crippen LogP contribution in [0.15, 0.2) is 36.9 Å². The molecule has 0 aliphatic heterocycles. The van der Waals surface area contributed by atoms with E-state index < -0.39 is 0 Å². The van der Waals surface area contributed by atoms with Gasteiger partial charge in [0.25, 0.3) is 0 Å². The molecule has 0 spiro atoms. The van der Waals surface area contributed by atoms with Gasteiger partial charge in [-0.15, -0.1) is 0 Å². The Bertz CT molecular complexity index is 693. The van der Waals surface area contributed by atoms with Crippen LogP contribution in [0, 0.1) is 0 Å². The van der Waals surface area contributed by atoms with Gasteiger partial charge in [-0.05, 0) is 17.7 Å². The third-order valence-corrected chi connectivity index (χ3v) is 2.72. The summed E-state index contributed by atoms with van der Waals surface area (Å²) in [5, 5.41) is 14.7. The highest BCUT2D eigenvalue weighted by atomic mass is 16.3. The number of para-hydroxylation sites is 1. The third-order valence-electron chi connectivity index (χ3n) is 2.72. The van der Waals surface area contributed by atoms with Crippen LogP contribution in [0.4, 0.5) is 5.82 Å². The predicted octanol–water partition coefficient (Wildman–Crippen LogP) is 1.16. The average Bonchev–Trinajstić information content (AvgIpc) is 2.83. The van der Waals surface area contributed by atoms with E-state index in [0.29, 0.717) is 17.9 Å². The van der Waals surface area contributed by atoms with Crippen molar-refractivity contribution in [3.8, 4) is 5.75 Å². The maximum Gasteiger partial charge on any atom is 0.141 e. The number of benzene rings is 1. The van der Waals surface area contributed by atoms with Gasteiger partial charge < -0.3 is 10.8 Å². The van der Waals surface area contributed by atoms with Crippen molar-refractivity contribution in [2.75, 3.05) is 5.73 Å². The zero-order valence-electron chi connectivity index (χ0n) is 9.48. The third kappa shape index (κ3) is 1.73. The monoisotopic (exact) mass is 241 g/mol. The van der Waals surface area contributed by atoms with E-state index in [0.717, 1.165) is 10.9 Å². The van der Waals surface area contributed by atoms with Crippen LogP contribution in [0.3, 0.4) is 0 Å². The Morgan fingerprint density at radius 1 is 1.33 bits per heavy atom. The summed E-state index contributed by atoms with van der Waals surface area (Å²) in [4.78, 5) is 8.04. The number of pyridine rings is 1. The smallest absolute Gasteiger partial charge is 0.141 e. The highest BCUT2D eigenvalue weighted by Crippen LogP contribution is 2.27. The fraction of sp³-hybridized carbons (Fsp3) is 0.0833. The fourth-order valence-corrected chi connectivity index (χ4v) is 1.95. The lowest BCUT2D eigenvalue weighted by Crippen LogP contribution is -2.03. The molecule has 0 atom stereocenters. The Hall–Kier alpha value is -2.63. The van der Waals surface area contributed by atoms with Gasteiger partial charge in [0.05, 0.1) is 6.54 Å². The molecule has 0 bridgehead atoms. The van der Waals surface area contributed by atoms with Crippen molar-refractivity contribution in [1.29, 1.82) is 0 Å². The van der Waals surface area contributed by atoms with E-state index in [1.165, 1.54) is 6.33 Å². The van der Waals surface area contributed by atoms with E-state index in [4.69, 9.17) is 5.73 Å². The van der Waals surface area contributed by atoms with Crippen LogP contribution in [0.5, 0.6) is 5.75 Å². The van der Waals surface area contributed by atoms with Crippen LogP contribution in [0.25, 0.3) is 10.9 Å².